The molecule has 0 N–H and O–H groups in total. The maximum absolute atomic E-state index is 8.83. The lowest BCUT2D eigenvalue weighted by Crippen LogP contribution is -2.52. The molecule has 14 heavy (non-hydrogen) atoms. The fourth-order valence-corrected chi connectivity index (χ4v) is 3.21. The summed E-state index contributed by atoms with van der Waals surface area (Å²) in [6, 6.07) is 2.30. The van der Waals surface area contributed by atoms with Crippen LogP contribution in [0.2, 0.25) is 0 Å². The van der Waals surface area contributed by atoms with Crippen molar-refractivity contribution in [1.82, 2.24) is 4.90 Å². The van der Waals surface area contributed by atoms with Crippen LogP contribution in [0.5, 0.6) is 0 Å². The quantitative estimate of drug-likeness (QED) is 0.646. The first-order chi connectivity index (χ1) is 6.55. The van der Waals surface area contributed by atoms with E-state index in [0.717, 1.165) is 6.54 Å². The minimum absolute atomic E-state index is 0.274. The van der Waals surface area contributed by atoms with Crippen molar-refractivity contribution in [2.75, 3.05) is 13.1 Å². The summed E-state index contributed by atoms with van der Waals surface area (Å²) in [5.41, 5.74) is 0.274. The first kappa shape index (κ1) is 11.5. The molecule has 1 saturated heterocycles. The summed E-state index contributed by atoms with van der Waals surface area (Å²) in [5, 5.41) is 8.83. The monoisotopic (exact) mass is 194 g/mol. The highest BCUT2D eigenvalue weighted by Crippen LogP contribution is 2.41. The van der Waals surface area contributed by atoms with E-state index < -0.39 is 0 Å². The third kappa shape index (κ3) is 1.66. The summed E-state index contributed by atoms with van der Waals surface area (Å²) < 4.78 is 0. The minimum atomic E-state index is 0.274. The second-order valence-electron chi connectivity index (χ2n) is 4.98. The van der Waals surface area contributed by atoms with Crippen LogP contribution in [0.25, 0.3) is 0 Å². The Kier molecular flexibility index (Phi) is 3.55. The van der Waals surface area contributed by atoms with Crippen molar-refractivity contribution in [2.45, 2.75) is 46.1 Å². The van der Waals surface area contributed by atoms with Crippen LogP contribution in [0.3, 0.4) is 0 Å². The predicted octanol–water partition coefficient (Wildman–Crippen LogP) is 2.66. The van der Waals surface area contributed by atoms with E-state index in [1.165, 1.54) is 12.8 Å². The molecule has 1 aliphatic heterocycles. The summed E-state index contributed by atoms with van der Waals surface area (Å²) >= 11 is 0. The van der Waals surface area contributed by atoms with Gasteiger partial charge >= 0.3 is 0 Å². The van der Waals surface area contributed by atoms with Crippen LogP contribution in [-0.2, 0) is 0 Å². The molecule has 2 heteroatoms. The van der Waals surface area contributed by atoms with Gasteiger partial charge in [-0.3, -0.25) is 4.90 Å². The Morgan fingerprint density at radius 3 is 2.29 bits per heavy atom. The Labute approximate surface area is 87.9 Å². The lowest BCUT2D eigenvalue weighted by atomic mass is 9.75. The molecule has 1 aliphatic rings. The van der Waals surface area contributed by atoms with Crippen LogP contribution in [0.15, 0.2) is 0 Å². The molecule has 0 aromatic rings. The first-order valence-corrected chi connectivity index (χ1v) is 5.67. The van der Waals surface area contributed by atoms with Gasteiger partial charge in [0.15, 0.2) is 0 Å². The van der Waals surface area contributed by atoms with Gasteiger partial charge in [0.25, 0.3) is 0 Å². The largest absolute Gasteiger partial charge is 0.284 e. The first-order valence-electron chi connectivity index (χ1n) is 5.67. The van der Waals surface area contributed by atoms with Gasteiger partial charge in [-0.15, -0.1) is 0 Å². The van der Waals surface area contributed by atoms with Crippen molar-refractivity contribution in [3.8, 4) is 6.07 Å². The smallest absolute Gasteiger partial charge is 0.0870 e. The van der Waals surface area contributed by atoms with Crippen LogP contribution in [-0.4, -0.2) is 23.5 Å². The van der Waals surface area contributed by atoms with Gasteiger partial charge in [0.2, 0.25) is 0 Å². The lowest BCUT2D eigenvalue weighted by molar-refractivity contribution is 0.0524. The van der Waals surface area contributed by atoms with E-state index in [4.69, 9.17) is 5.26 Å². The summed E-state index contributed by atoms with van der Waals surface area (Å²) in [5.74, 6) is 1.27. The molecule has 0 aliphatic carbocycles. The molecule has 0 saturated carbocycles. The molecule has 80 valence electrons. The molecule has 1 fully saturated rings. The molecule has 2 nitrogen and oxygen atoms in total. The molecule has 0 atom stereocenters. The summed E-state index contributed by atoms with van der Waals surface area (Å²) in [6.07, 6.45) is 2.50. The second kappa shape index (κ2) is 4.31. The zero-order chi connectivity index (χ0) is 10.8. The van der Waals surface area contributed by atoms with Gasteiger partial charge in [0.1, 0.15) is 0 Å². The maximum Gasteiger partial charge on any atom is 0.0870 e. The van der Waals surface area contributed by atoms with Gasteiger partial charge in [0, 0.05) is 5.54 Å². The Hall–Kier alpha value is -0.550. The van der Waals surface area contributed by atoms with Crippen LogP contribution < -0.4 is 0 Å². The Bertz CT molecular complexity index is 217. The molecule has 0 unspecified atom stereocenters. The van der Waals surface area contributed by atoms with Gasteiger partial charge in [-0.1, -0.05) is 27.7 Å². The van der Waals surface area contributed by atoms with Crippen molar-refractivity contribution in [1.29, 1.82) is 5.26 Å². The third-order valence-electron chi connectivity index (χ3n) is 3.86. The van der Waals surface area contributed by atoms with Crippen molar-refractivity contribution in [3.63, 3.8) is 0 Å². The number of nitrogens with zero attached hydrogens (tertiary/aromatic N) is 2. The van der Waals surface area contributed by atoms with E-state index in [-0.39, 0.29) is 5.54 Å². The number of nitriles is 1. The van der Waals surface area contributed by atoms with Crippen molar-refractivity contribution in [3.05, 3.63) is 0 Å². The Morgan fingerprint density at radius 1 is 1.29 bits per heavy atom. The summed E-state index contributed by atoms with van der Waals surface area (Å²) in [6.45, 7) is 10.8. The van der Waals surface area contributed by atoms with Crippen LogP contribution in [0.1, 0.15) is 40.5 Å². The average molecular weight is 194 g/mol. The molecule has 1 heterocycles. The minimum Gasteiger partial charge on any atom is -0.284 e. The molecule has 0 spiro atoms. The highest BCUT2D eigenvalue weighted by molar-refractivity contribution is 5.02. The number of hydrogen-bond acceptors (Lipinski definition) is 2. The highest BCUT2D eigenvalue weighted by Gasteiger charge is 2.45. The topological polar surface area (TPSA) is 27.0 Å². The second-order valence-corrected chi connectivity index (χ2v) is 4.98. The van der Waals surface area contributed by atoms with Crippen molar-refractivity contribution in [2.24, 2.45) is 11.8 Å². The summed E-state index contributed by atoms with van der Waals surface area (Å²) in [4.78, 5) is 2.39. The number of likely N-dealkylation sites (tertiary alicyclic amines) is 1. The molecule has 0 aromatic heterocycles. The third-order valence-corrected chi connectivity index (χ3v) is 3.86. The van der Waals surface area contributed by atoms with Crippen LogP contribution in [0, 0.1) is 23.2 Å². The van der Waals surface area contributed by atoms with Gasteiger partial charge in [-0.2, -0.15) is 5.26 Å². The van der Waals surface area contributed by atoms with Crippen molar-refractivity contribution < 1.29 is 0 Å². The Morgan fingerprint density at radius 2 is 1.86 bits per heavy atom. The number of rotatable bonds is 3. The Balaban J connectivity index is 2.90. The van der Waals surface area contributed by atoms with E-state index in [9.17, 15) is 0 Å². The maximum atomic E-state index is 8.83. The molecular weight excluding hydrogens is 172 g/mol. The average Bonchev–Trinajstić information content (AvgIpc) is 2.49. The fourth-order valence-electron chi connectivity index (χ4n) is 3.21. The van der Waals surface area contributed by atoms with E-state index in [0.29, 0.717) is 18.4 Å². The fraction of sp³-hybridized carbons (Fsp3) is 0.917. The van der Waals surface area contributed by atoms with Gasteiger partial charge in [-0.05, 0) is 31.2 Å². The van der Waals surface area contributed by atoms with E-state index in [1.54, 1.807) is 0 Å². The normalized spacial score (nSPS) is 21.8. The van der Waals surface area contributed by atoms with E-state index >= 15 is 0 Å². The molecule has 0 aromatic carbocycles. The van der Waals surface area contributed by atoms with E-state index in [1.807, 2.05) is 0 Å². The highest BCUT2D eigenvalue weighted by atomic mass is 15.2. The zero-order valence-electron chi connectivity index (χ0n) is 9.88. The van der Waals surface area contributed by atoms with Crippen LogP contribution >= 0.6 is 0 Å². The molecular formula is C12H22N2. The molecule has 1 rings (SSSR count). The predicted molar refractivity (Wildman–Crippen MR) is 58.8 cm³/mol. The molecule has 0 bridgehead atoms. The van der Waals surface area contributed by atoms with Crippen LogP contribution in [0.4, 0.5) is 0 Å². The lowest BCUT2D eigenvalue weighted by Gasteiger charge is -2.44. The van der Waals surface area contributed by atoms with Crippen molar-refractivity contribution >= 4 is 0 Å². The SMILES string of the molecule is CC(C)C1(C(C)C)CCCN1CC#N. The van der Waals surface area contributed by atoms with Gasteiger partial charge in [0.05, 0.1) is 12.6 Å². The standard InChI is InChI=1S/C12H22N2/c1-10(2)12(11(3)4)6-5-8-14(12)9-7-13/h10-11H,5-6,8-9H2,1-4H3. The summed E-state index contributed by atoms with van der Waals surface area (Å²) in [7, 11) is 0. The van der Waals surface area contributed by atoms with E-state index in [2.05, 4.69) is 38.7 Å². The number of hydrogen-bond donors (Lipinski definition) is 0. The molecule has 0 radical (unpaired) electrons. The molecule has 0 amide bonds. The zero-order valence-corrected chi connectivity index (χ0v) is 9.88. The van der Waals surface area contributed by atoms with Gasteiger partial charge < -0.3 is 0 Å². The van der Waals surface area contributed by atoms with Gasteiger partial charge in [-0.25, -0.2) is 0 Å².